The van der Waals surface area contributed by atoms with E-state index >= 15 is 0 Å². The second-order valence-electron chi connectivity index (χ2n) is 5.10. The third-order valence-corrected chi connectivity index (χ3v) is 3.48. The monoisotopic (exact) mass is 293 g/mol. The molecule has 108 valence electrons. The van der Waals surface area contributed by atoms with Gasteiger partial charge in [0.25, 0.3) is 0 Å². The second-order valence-corrected chi connectivity index (χ2v) is 5.10. The summed E-state index contributed by atoms with van der Waals surface area (Å²) in [7, 11) is 0. The van der Waals surface area contributed by atoms with Crippen molar-refractivity contribution < 1.29 is 0 Å². The Morgan fingerprint density at radius 2 is 2.10 bits per heavy atom. The number of halogens is 1. The van der Waals surface area contributed by atoms with Gasteiger partial charge in [0, 0.05) is 32.2 Å². The van der Waals surface area contributed by atoms with E-state index in [9.17, 15) is 0 Å². The third kappa shape index (κ3) is 3.56. The van der Waals surface area contributed by atoms with Gasteiger partial charge in [-0.25, -0.2) is 9.67 Å². The Hall–Kier alpha value is -1.43. The van der Waals surface area contributed by atoms with Crippen molar-refractivity contribution in [3.05, 3.63) is 42.5 Å². The summed E-state index contributed by atoms with van der Waals surface area (Å²) < 4.78 is 1.77. The van der Waals surface area contributed by atoms with Crippen LogP contribution < -0.4 is 5.32 Å². The van der Waals surface area contributed by atoms with Crippen molar-refractivity contribution in [3.63, 3.8) is 0 Å². The summed E-state index contributed by atoms with van der Waals surface area (Å²) in [6.45, 7) is 6.57. The van der Waals surface area contributed by atoms with Crippen LogP contribution in [0.2, 0.25) is 0 Å². The molecule has 1 aromatic heterocycles. The molecule has 2 aromatic rings. The van der Waals surface area contributed by atoms with Crippen molar-refractivity contribution >= 4 is 12.4 Å². The normalized spacial score (nSPS) is 19.6. The highest BCUT2D eigenvalue weighted by molar-refractivity contribution is 5.85. The number of benzene rings is 1. The highest BCUT2D eigenvalue weighted by Gasteiger charge is 2.15. The van der Waals surface area contributed by atoms with Crippen molar-refractivity contribution in [2.75, 3.05) is 19.6 Å². The predicted octanol–water partition coefficient (Wildman–Crippen LogP) is 1.48. The zero-order chi connectivity index (χ0) is 13.1. The maximum atomic E-state index is 4.13. The summed E-state index contributed by atoms with van der Waals surface area (Å²) in [4.78, 5) is 6.45. The molecule has 5 nitrogen and oxygen atoms in total. The molecule has 0 radical (unpaired) electrons. The van der Waals surface area contributed by atoms with Gasteiger partial charge in [-0.05, 0) is 24.6 Å². The van der Waals surface area contributed by atoms with E-state index in [0.717, 1.165) is 31.9 Å². The van der Waals surface area contributed by atoms with Crippen LogP contribution in [-0.4, -0.2) is 45.3 Å². The van der Waals surface area contributed by atoms with Gasteiger partial charge in [-0.3, -0.25) is 4.90 Å². The molecule has 0 saturated carbocycles. The van der Waals surface area contributed by atoms with Crippen LogP contribution in [-0.2, 0) is 6.54 Å². The summed E-state index contributed by atoms with van der Waals surface area (Å²) >= 11 is 0. The highest BCUT2D eigenvalue weighted by atomic mass is 35.5. The van der Waals surface area contributed by atoms with Crippen molar-refractivity contribution in [1.29, 1.82) is 0 Å². The molecule has 1 saturated heterocycles. The summed E-state index contributed by atoms with van der Waals surface area (Å²) in [6, 6.07) is 9.11. The Balaban J connectivity index is 0.00000147. The van der Waals surface area contributed by atoms with E-state index in [0.29, 0.717) is 6.04 Å². The average molecular weight is 294 g/mol. The van der Waals surface area contributed by atoms with E-state index in [2.05, 4.69) is 51.5 Å². The first-order valence-electron chi connectivity index (χ1n) is 6.71. The maximum Gasteiger partial charge on any atom is 0.138 e. The lowest BCUT2D eigenvalue weighted by Gasteiger charge is -2.31. The van der Waals surface area contributed by atoms with Crippen LogP contribution in [0.15, 0.2) is 36.9 Å². The first-order chi connectivity index (χ1) is 9.31. The maximum absolute atomic E-state index is 4.13. The quantitative estimate of drug-likeness (QED) is 0.931. The SMILES string of the molecule is C[C@@H]1CN(Cc2ccc(-n3cncn3)cc2)CCN1.Cl. The van der Waals surface area contributed by atoms with Gasteiger partial charge in [0.1, 0.15) is 12.7 Å². The van der Waals surface area contributed by atoms with Crippen molar-refractivity contribution in [3.8, 4) is 5.69 Å². The van der Waals surface area contributed by atoms with Gasteiger partial charge >= 0.3 is 0 Å². The Kier molecular flexibility index (Phi) is 5.11. The molecule has 0 amide bonds. The third-order valence-electron chi connectivity index (χ3n) is 3.48. The molecular formula is C14H20ClN5. The van der Waals surface area contributed by atoms with Crippen LogP contribution in [0, 0.1) is 0 Å². The van der Waals surface area contributed by atoms with Crippen molar-refractivity contribution in [2.45, 2.75) is 19.5 Å². The minimum Gasteiger partial charge on any atom is -0.312 e. The molecule has 6 heteroatoms. The van der Waals surface area contributed by atoms with Gasteiger partial charge in [0.2, 0.25) is 0 Å². The standard InChI is InChI=1S/C14H19N5.ClH/c1-12-8-18(7-6-16-12)9-13-2-4-14(5-3-13)19-11-15-10-17-19;/h2-5,10-12,16H,6-9H2,1H3;1H/t12-;/m1./s1. The summed E-state index contributed by atoms with van der Waals surface area (Å²) in [5.74, 6) is 0. The fourth-order valence-electron chi connectivity index (χ4n) is 2.51. The first-order valence-corrected chi connectivity index (χ1v) is 6.71. The Morgan fingerprint density at radius 3 is 2.75 bits per heavy atom. The molecule has 1 atom stereocenters. The molecule has 1 aliphatic heterocycles. The zero-order valence-electron chi connectivity index (χ0n) is 11.6. The number of nitrogens with one attached hydrogen (secondary N) is 1. The van der Waals surface area contributed by atoms with E-state index < -0.39 is 0 Å². The molecule has 2 heterocycles. The number of hydrogen-bond acceptors (Lipinski definition) is 4. The average Bonchev–Trinajstić information content (AvgIpc) is 2.94. The molecule has 1 aromatic carbocycles. The predicted molar refractivity (Wildman–Crippen MR) is 81.3 cm³/mol. The number of hydrogen-bond donors (Lipinski definition) is 1. The molecule has 0 spiro atoms. The van der Waals surface area contributed by atoms with E-state index in [1.165, 1.54) is 5.56 Å². The van der Waals surface area contributed by atoms with E-state index in [4.69, 9.17) is 0 Å². The van der Waals surface area contributed by atoms with Gasteiger partial charge in [-0.15, -0.1) is 12.4 Å². The first kappa shape index (κ1) is 15.0. The molecule has 3 rings (SSSR count). The van der Waals surface area contributed by atoms with Crippen molar-refractivity contribution in [1.82, 2.24) is 25.0 Å². The minimum atomic E-state index is 0. The van der Waals surface area contributed by atoms with Crippen LogP contribution in [0.25, 0.3) is 5.69 Å². The topological polar surface area (TPSA) is 46.0 Å². The van der Waals surface area contributed by atoms with Gasteiger partial charge in [0.05, 0.1) is 5.69 Å². The van der Waals surface area contributed by atoms with Gasteiger partial charge in [0.15, 0.2) is 0 Å². The molecule has 0 unspecified atom stereocenters. The fourth-order valence-corrected chi connectivity index (χ4v) is 2.51. The van der Waals surface area contributed by atoms with Crippen LogP contribution in [0.3, 0.4) is 0 Å². The summed E-state index contributed by atoms with van der Waals surface area (Å²) in [6.07, 6.45) is 3.27. The van der Waals surface area contributed by atoms with Crippen LogP contribution in [0.5, 0.6) is 0 Å². The Bertz CT molecular complexity index is 511. The molecule has 0 aliphatic carbocycles. The largest absolute Gasteiger partial charge is 0.312 e. The molecule has 1 N–H and O–H groups in total. The lowest BCUT2D eigenvalue weighted by Crippen LogP contribution is -2.48. The van der Waals surface area contributed by atoms with Crippen LogP contribution in [0.4, 0.5) is 0 Å². The molecular weight excluding hydrogens is 274 g/mol. The molecule has 1 aliphatic rings. The van der Waals surface area contributed by atoms with Gasteiger partial charge in [-0.2, -0.15) is 5.10 Å². The van der Waals surface area contributed by atoms with E-state index in [1.54, 1.807) is 17.3 Å². The summed E-state index contributed by atoms with van der Waals surface area (Å²) in [5.41, 5.74) is 2.40. The zero-order valence-corrected chi connectivity index (χ0v) is 12.4. The second kappa shape index (κ2) is 6.83. The number of nitrogens with zero attached hydrogens (tertiary/aromatic N) is 4. The Labute approximate surface area is 125 Å². The highest BCUT2D eigenvalue weighted by Crippen LogP contribution is 2.11. The Morgan fingerprint density at radius 1 is 1.30 bits per heavy atom. The molecule has 0 bridgehead atoms. The van der Waals surface area contributed by atoms with Gasteiger partial charge < -0.3 is 5.32 Å². The van der Waals surface area contributed by atoms with E-state index in [-0.39, 0.29) is 12.4 Å². The van der Waals surface area contributed by atoms with Crippen LogP contribution in [0.1, 0.15) is 12.5 Å². The van der Waals surface area contributed by atoms with Crippen LogP contribution >= 0.6 is 12.4 Å². The minimum absolute atomic E-state index is 0. The van der Waals surface area contributed by atoms with E-state index in [1.807, 2.05) is 0 Å². The smallest absolute Gasteiger partial charge is 0.138 e. The number of piperazine rings is 1. The van der Waals surface area contributed by atoms with Gasteiger partial charge in [-0.1, -0.05) is 12.1 Å². The lowest BCUT2D eigenvalue weighted by molar-refractivity contribution is 0.199. The fraction of sp³-hybridized carbons (Fsp3) is 0.429. The lowest BCUT2D eigenvalue weighted by atomic mass is 10.1. The number of rotatable bonds is 3. The van der Waals surface area contributed by atoms with Crippen molar-refractivity contribution in [2.24, 2.45) is 0 Å². The molecule has 1 fully saturated rings. The summed E-state index contributed by atoms with van der Waals surface area (Å²) in [5, 5.41) is 7.59. The number of aromatic nitrogens is 3. The molecule has 20 heavy (non-hydrogen) atoms.